The Kier molecular flexibility index (Phi) is 4.07. The molecule has 1 aliphatic carbocycles. The summed E-state index contributed by atoms with van der Waals surface area (Å²) in [5.74, 6) is -0.524. The number of carbonyl (C=O) groups excluding carboxylic acids is 2. The molecule has 0 saturated carbocycles. The van der Waals surface area contributed by atoms with E-state index in [0.29, 0.717) is 11.3 Å². The number of rotatable bonds is 3. The van der Waals surface area contributed by atoms with Gasteiger partial charge in [-0.25, -0.2) is 4.79 Å². The second kappa shape index (κ2) is 5.41. The first-order valence-electron chi connectivity index (χ1n) is 7.75. The molecule has 0 aromatic heterocycles. The zero-order valence-electron chi connectivity index (χ0n) is 14.1. The van der Waals surface area contributed by atoms with Crippen LogP contribution in [-0.4, -0.2) is 18.9 Å². The van der Waals surface area contributed by atoms with Gasteiger partial charge in [-0.3, -0.25) is 4.79 Å². The molecule has 0 spiro atoms. The Labute approximate surface area is 132 Å². The number of hydrogen-bond acceptors (Lipinski definition) is 4. The summed E-state index contributed by atoms with van der Waals surface area (Å²) in [6.07, 6.45) is 2.73. The molecule has 0 bridgehead atoms. The molecule has 0 atom stereocenters. The van der Waals surface area contributed by atoms with Crippen molar-refractivity contribution in [3.05, 3.63) is 28.3 Å². The Hall–Kier alpha value is -1.84. The molecular weight excluding hydrogens is 278 g/mol. The minimum Gasteiger partial charge on any atom is -0.462 e. The minimum absolute atomic E-state index is 0.0656. The van der Waals surface area contributed by atoms with E-state index in [0.717, 1.165) is 30.3 Å². The molecule has 4 heteroatoms. The molecule has 2 rings (SSSR count). The molecule has 1 aromatic carbocycles. The van der Waals surface area contributed by atoms with Gasteiger partial charge in [-0.05, 0) is 47.8 Å². The molecule has 0 heterocycles. The fraction of sp³-hybridized carbons (Fsp3) is 0.556. The van der Waals surface area contributed by atoms with Crippen LogP contribution in [-0.2, 0) is 15.6 Å². The van der Waals surface area contributed by atoms with Crippen LogP contribution in [0.25, 0.3) is 0 Å². The number of anilines is 1. The zero-order valence-corrected chi connectivity index (χ0v) is 14.1. The number of ether oxygens (including phenoxy) is 1. The summed E-state index contributed by atoms with van der Waals surface area (Å²) in [7, 11) is 0. The van der Waals surface area contributed by atoms with Crippen molar-refractivity contribution in [1.82, 2.24) is 0 Å². The van der Waals surface area contributed by atoms with E-state index in [1.807, 2.05) is 6.07 Å². The second-order valence-corrected chi connectivity index (χ2v) is 7.28. The zero-order chi connectivity index (χ0) is 16.7. The Balaban J connectivity index is 2.83. The van der Waals surface area contributed by atoms with Crippen molar-refractivity contribution in [2.75, 3.05) is 12.3 Å². The fourth-order valence-corrected chi connectivity index (χ4v) is 3.42. The highest BCUT2D eigenvalue weighted by Gasteiger charge is 2.40. The van der Waals surface area contributed by atoms with Crippen LogP contribution in [0.4, 0.5) is 5.69 Å². The molecule has 22 heavy (non-hydrogen) atoms. The number of nitrogen functional groups attached to an aromatic ring is 1. The lowest BCUT2D eigenvalue weighted by Crippen LogP contribution is -2.36. The topological polar surface area (TPSA) is 69.4 Å². The number of hydrogen-bond donors (Lipinski definition) is 1. The Morgan fingerprint density at radius 2 is 1.86 bits per heavy atom. The smallest absolute Gasteiger partial charge is 0.340 e. The van der Waals surface area contributed by atoms with Crippen LogP contribution in [0.1, 0.15) is 79.3 Å². The summed E-state index contributed by atoms with van der Waals surface area (Å²) in [6, 6.07) is 1.86. The normalized spacial score (nSPS) is 18.4. The van der Waals surface area contributed by atoms with Gasteiger partial charge in [-0.15, -0.1) is 0 Å². The largest absolute Gasteiger partial charge is 0.462 e. The summed E-state index contributed by atoms with van der Waals surface area (Å²) in [6.45, 7) is 10.5. The van der Waals surface area contributed by atoms with Crippen molar-refractivity contribution < 1.29 is 14.3 Å². The SMILES string of the molecule is CCOC(=O)c1c(N)cc2c(c1C=O)C(C)(C)CCC2(C)C. The second-order valence-electron chi connectivity index (χ2n) is 7.28. The van der Waals surface area contributed by atoms with Crippen molar-refractivity contribution in [2.24, 2.45) is 0 Å². The highest BCUT2D eigenvalue weighted by molar-refractivity contribution is 6.04. The van der Waals surface area contributed by atoms with E-state index >= 15 is 0 Å². The number of fused-ring (bicyclic) bond motifs is 1. The van der Waals surface area contributed by atoms with Crippen molar-refractivity contribution >= 4 is 17.9 Å². The summed E-state index contributed by atoms with van der Waals surface area (Å²) in [4.78, 5) is 24.0. The van der Waals surface area contributed by atoms with Gasteiger partial charge in [0.15, 0.2) is 6.29 Å². The average Bonchev–Trinajstić information content (AvgIpc) is 2.42. The van der Waals surface area contributed by atoms with Gasteiger partial charge in [0.1, 0.15) is 0 Å². The van der Waals surface area contributed by atoms with E-state index in [1.54, 1.807) is 6.92 Å². The summed E-state index contributed by atoms with van der Waals surface area (Å²) in [5.41, 5.74) is 8.80. The number of esters is 1. The van der Waals surface area contributed by atoms with E-state index in [4.69, 9.17) is 10.5 Å². The Bertz CT molecular complexity index is 630. The van der Waals surface area contributed by atoms with Crippen molar-refractivity contribution in [3.8, 4) is 0 Å². The maximum Gasteiger partial charge on any atom is 0.340 e. The first-order chi connectivity index (χ1) is 10.2. The highest BCUT2D eigenvalue weighted by Crippen LogP contribution is 2.48. The highest BCUT2D eigenvalue weighted by atomic mass is 16.5. The van der Waals surface area contributed by atoms with Crippen molar-refractivity contribution in [2.45, 2.75) is 58.3 Å². The summed E-state index contributed by atoms with van der Waals surface area (Å²) in [5, 5.41) is 0. The van der Waals surface area contributed by atoms with Crippen LogP contribution in [0.3, 0.4) is 0 Å². The Morgan fingerprint density at radius 3 is 2.41 bits per heavy atom. The summed E-state index contributed by atoms with van der Waals surface area (Å²) < 4.78 is 5.08. The number of carbonyl (C=O) groups is 2. The maximum absolute atomic E-state index is 12.2. The number of benzene rings is 1. The average molecular weight is 303 g/mol. The molecule has 1 aliphatic rings. The predicted molar refractivity (Wildman–Crippen MR) is 87.5 cm³/mol. The van der Waals surface area contributed by atoms with Crippen LogP contribution >= 0.6 is 0 Å². The van der Waals surface area contributed by atoms with Gasteiger partial charge in [0, 0.05) is 11.3 Å². The predicted octanol–water partition coefficient (Wildman–Crippen LogP) is 3.61. The van der Waals surface area contributed by atoms with Gasteiger partial charge >= 0.3 is 5.97 Å². The first kappa shape index (κ1) is 16.5. The van der Waals surface area contributed by atoms with Crippen LogP contribution in [0.5, 0.6) is 0 Å². The monoisotopic (exact) mass is 303 g/mol. The molecule has 0 unspecified atom stereocenters. The lowest BCUT2D eigenvalue weighted by molar-refractivity contribution is 0.0525. The standard InChI is InChI=1S/C18H25NO3/c1-6-22-16(21)14-11(10-20)15-12(9-13(14)19)17(2,3)7-8-18(15,4)5/h9-10H,6-8,19H2,1-5H3. The van der Waals surface area contributed by atoms with Gasteiger partial charge < -0.3 is 10.5 Å². The van der Waals surface area contributed by atoms with E-state index in [9.17, 15) is 9.59 Å². The van der Waals surface area contributed by atoms with E-state index in [-0.39, 0.29) is 23.0 Å². The third-order valence-electron chi connectivity index (χ3n) is 4.77. The molecule has 0 aliphatic heterocycles. The maximum atomic E-state index is 12.2. The first-order valence-corrected chi connectivity index (χ1v) is 7.75. The van der Waals surface area contributed by atoms with Gasteiger partial charge in [-0.2, -0.15) is 0 Å². The molecule has 0 radical (unpaired) electrons. The molecular formula is C18H25NO3. The lowest BCUT2D eigenvalue weighted by atomic mass is 9.61. The number of aldehydes is 1. The van der Waals surface area contributed by atoms with E-state index in [1.165, 1.54) is 0 Å². The van der Waals surface area contributed by atoms with Crippen molar-refractivity contribution in [3.63, 3.8) is 0 Å². The molecule has 4 nitrogen and oxygen atoms in total. The van der Waals surface area contributed by atoms with E-state index in [2.05, 4.69) is 27.7 Å². The molecule has 120 valence electrons. The Morgan fingerprint density at radius 1 is 1.27 bits per heavy atom. The van der Waals surface area contributed by atoms with Gasteiger partial charge in [0.25, 0.3) is 0 Å². The lowest BCUT2D eigenvalue weighted by Gasteiger charge is -2.43. The fourth-order valence-electron chi connectivity index (χ4n) is 3.42. The quantitative estimate of drug-likeness (QED) is 0.526. The van der Waals surface area contributed by atoms with Crippen LogP contribution < -0.4 is 5.73 Å². The van der Waals surface area contributed by atoms with Crippen LogP contribution in [0.2, 0.25) is 0 Å². The van der Waals surface area contributed by atoms with Gasteiger partial charge in [-0.1, -0.05) is 27.7 Å². The van der Waals surface area contributed by atoms with Crippen molar-refractivity contribution in [1.29, 1.82) is 0 Å². The third-order valence-corrected chi connectivity index (χ3v) is 4.77. The van der Waals surface area contributed by atoms with Gasteiger partial charge in [0.2, 0.25) is 0 Å². The molecule has 0 amide bonds. The molecule has 1 aromatic rings. The van der Waals surface area contributed by atoms with E-state index < -0.39 is 5.97 Å². The van der Waals surface area contributed by atoms with Crippen LogP contribution in [0, 0.1) is 0 Å². The molecule has 0 fully saturated rings. The van der Waals surface area contributed by atoms with Gasteiger partial charge in [0.05, 0.1) is 12.2 Å². The third kappa shape index (κ3) is 2.51. The minimum atomic E-state index is -0.524. The molecule has 0 saturated heterocycles. The number of nitrogens with two attached hydrogens (primary N) is 1. The molecule has 2 N–H and O–H groups in total. The van der Waals surface area contributed by atoms with Crippen LogP contribution in [0.15, 0.2) is 6.07 Å². The summed E-state index contributed by atoms with van der Waals surface area (Å²) >= 11 is 0.